The molecule has 0 fully saturated rings. The van der Waals surface area contributed by atoms with Crippen molar-refractivity contribution in [2.75, 3.05) is 5.73 Å². The van der Waals surface area contributed by atoms with E-state index in [9.17, 15) is 0 Å². The molecule has 1 aromatic heterocycles. The summed E-state index contributed by atoms with van der Waals surface area (Å²) < 4.78 is 5.06. The third-order valence-corrected chi connectivity index (χ3v) is 2.18. The van der Waals surface area contributed by atoms with Gasteiger partial charge in [-0.25, -0.2) is 0 Å². The van der Waals surface area contributed by atoms with E-state index in [0.29, 0.717) is 5.92 Å². The Bertz CT molecular complexity index is 431. The van der Waals surface area contributed by atoms with Crippen molar-refractivity contribution < 1.29 is 4.52 Å². The molecule has 0 radical (unpaired) electrons. The standard InChI is InChI=1S/C10H12N2O/c1-6(2)8-4-10-7(3-9(8)11)5-12-13-10/h3-6H,11H2,1-2H3. The number of benzene rings is 1. The summed E-state index contributed by atoms with van der Waals surface area (Å²) in [4.78, 5) is 0. The highest BCUT2D eigenvalue weighted by Gasteiger charge is 2.07. The smallest absolute Gasteiger partial charge is 0.167 e. The second kappa shape index (κ2) is 2.76. The predicted octanol–water partition coefficient (Wildman–Crippen LogP) is 2.53. The Morgan fingerprint density at radius 1 is 1.38 bits per heavy atom. The summed E-state index contributed by atoms with van der Waals surface area (Å²) in [6.45, 7) is 4.21. The molecule has 1 aromatic carbocycles. The summed E-state index contributed by atoms with van der Waals surface area (Å²) >= 11 is 0. The summed E-state index contributed by atoms with van der Waals surface area (Å²) in [5.74, 6) is 0.412. The van der Waals surface area contributed by atoms with E-state index >= 15 is 0 Å². The molecular formula is C10H12N2O. The van der Waals surface area contributed by atoms with Crippen molar-refractivity contribution in [1.82, 2.24) is 5.16 Å². The van der Waals surface area contributed by atoms with E-state index in [1.54, 1.807) is 6.20 Å². The van der Waals surface area contributed by atoms with Crippen LogP contribution in [0.1, 0.15) is 25.3 Å². The number of hydrogen-bond acceptors (Lipinski definition) is 3. The van der Waals surface area contributed by atoms with Crippen LogP contribution < -0.4 is 5.73 Å². The second-order valence-electron chi connectivity index (χ2n) is 3.50. The minimum absolute atomic E-state index is 0.412. The largest absolute Gasteiger partial charge is 0.398 e. The topological polar surface area (TPSA) is 52.0 Å². The third-order valence-electron chi connectivity index (χ3n) is 2.18. The lowest BCUT2D eigenvalue weighted by Gasteiger charge is -2.07. The lowest BCUT2D eigenvalue weighted by atomic mass is 10.0. The summed E-state index contributed by atoms with van der Waals surface area (Å²) in [7, 11) is 0. The molecule has 0 bridgehead atoms. The molecule has 0 saturated heterocycles. The van der Waals surface area contributed by atoms with E-state index in [1.165, 1.54) is 0 Å². The summed E-state index contributed by atoms with van der Waals surface area (Å²) in [5, 5.41) is 4.67. The first-order valence-electron chi connectivity index (χ1n) is 4.32. The van der Waals surface area contributed by atoms with E-state index < -0.39 is 0 Å². The molecule has 2 rings (SSSR count). The molecule has 2 aromatic rings. The number of nitrogens with zero attached hydrogens (tertiary/aromatic N) is 1. The molecule has 0 atom stereocenters. The number of fused-ring (bicyclic) bond motifs is 1. The van der Waals surface area contributed by atoms with E-state index in [4.69, 9.17) is 10.3 Å². The zero-order valence-corrected chi connectivity index (χ0v) is 7.74. The minimum Gasteiger partial charge on any atom is -0.398 e. The van der Waals surface area contributed by atoms with E-state index in [-0.39, 0.29) is 0 Å². The molecule has 0 amide bonds. The van der Waals surface area contributed by atoms with Crippen LogP contribution in [0, 0.1) is 0 Å². The van der Waals surface area contributed by atoms with Gasteiger partial charge in [-0.3, -0.25) is 0 Å². The van der Waals surface area contributed by atoms with Gasteiger partial charge in [-0.1, -0.05) is 19.0 Å². The van der Waals surface area contributed by atoms with Gasteiger partial charge < -0.3 is 10.3 Å². The maximum absolute atomic E-state index is 5.88. The van der Waals surface area contributed by atoms with Gasteiger partial charge in [0.2, 0.25) is 0 Å². The fraction of sp³-hybridized carbons (Fsp3) is 0.300. The maximum Gasteiger partial charge on any atom is 0.167 e. The number of rotatable bonds is 1. The van der Waals surface area contributed by atoms with Gasteiger partial charge in [0.15, 0.2) is 5.58 Å². The van der Waals surface area contributed by atoms with Crippen molar-refractivity contribution >= 4 is 16.7 Å². The number of aromatic nitrogens is 1. The Morgan fingerprint density at radius 2 is 2.15 bits per heavy atom. The van der Waals surface area contributed by atoms with Gasteiger partial charge >= 0.3 is 0 Å². The zero-order chi connectivity index (χ0) is 9.42. The van der Waals surface area contributed by atoms with Gasteiger partial charge in [-0.2, -0.15) is 0 Å². The summed E-state index contributed by atoms with van der Waals surface area (Å²) in [6.07, 6.45) is 1.68. The summed E-state index contributed by atoms with van der Waals surface area (Å²) in [5.41, 5.74) is 8.61. The average molecular weight is 176 g/mol. The molecule has 3 nitrogen and oxygen atoms in total. The van der Waals surface area contributed by atoms with Crippen LogP contribution in [0.2, 0.25) is 0 Å². The first kappa shape index (κ1) is 8.10. The third kappa shape index (κ3) is 1.26. The Balaban J connectivity index is 2.69. The lowest BCUT2D eigenvalue weighted by Crippen LogP contribution is -1.95. The molecule has 1 heterocycles. The molecule has 13 heavy (non-hydrogen) atoms. The van der Waals surface area contributed by atoms with Crippen molar-refractivity contribution in [2.45, 2.75) is 19.8 Å². The minimum atomic E-state index is 0.412. The number of hydrogen-bond donors (Lipinski definition) is 1. The molecule has 68 valence electrons. The highest BCUT2D eigenvalue weighted by molar-refractivity contribution is 5.81. The van der Waals surface area contributed by atoms with E-state index in [2.05, 4.69) is 19.0 Å². The van der Waals surface area contributed by atoms with Crippen molar-refractivity contribution in [3.8, 4) is 0 Å². The lowest BCUT2D eigenvalue weighted by molar-refractivity contribution is 0.456. The van der Waals surface area contributed by atoms with Gasteiger partial charge in [-0.15, -0.1) is 0 Å². The van der Waals surface area contributed by atoms with Crippen LogP contribution in [0.3, 0.4) is 0 Å². The van der Waals surface area contributed by atoms with Crippen molar-refractivity contribution in [3.05, 3.63) is 23.9 Å². The molecule has 0 aliphatic heterocycles. The highest BCUT2D eigenvalue weighted by atomic mass is 16.5. The van der Waals surface area contributed by atoms with Crippen LogP contribution in [0.15, 0.2) is 22.9 Å². The van der Waals surface area contributed by atoms with Gasteiger partial charge in [0.1, 0.15) is 0 Å². The van der Waals surface area contributed by atoms with E-state index in [0.717, 1.165) is 22.2 Å². The number of nitrogens with two attached hydrogens (primary N) is 1. The molecule has 0 unspecified atom stereocenters. The molecular weight excluding hydrogens is 164 g/mol. The van der Waals surface area contributed by atoms with Crippen LogP contribution in [-0.4, -0.2) is 5.16 Å². The van der Waals surface area contributed by atoms with Crippen molar-refractivity contribution in [1.29, 1.82) is 0 Å². The van der Waals surface area contributed by atoms with Crippen LogP contribution in [0.25, 0.3) is 11.0 Å². The highest BCUT2D eigenvalue weighted by Crippen LogP contribution is 2.27. The van der Waals surface area contributed by atoms with Crippen LogP contribution in [0.4, 0.5) is 5.69 Å². The molecule has 0 aliphatic rings. The first-order valence-corrected chi connectivity index (χ1v) is 4.32. The molecule has 2 N–H and O–H groups in total. The van der Waals surface area contributed by atoms with Gasteiger partial charge in [-0.05, 0) is 23.6 Å². The zero-order valence-electron chi connectivity index (χ0n) is 7.74. The molecule has 0 saturated carbocycles. The fourth-order valence-corrected chi connectivity index (χ4v) is 1.45. The monoisotopic (exact) mass is 176 g/mol. The van der Waals surface area contributed by atoms with Crippen LogP contribution in [-0.2, 0) is 0 Å². The van der Waals surface area contributed by atoms with Crippen LogP contribution >= 0.6 is 0 Å². The van der Waals surface area contributed by atoms with Gasteiger partial charge in [0, 0.05) is 11.1 Å². The first-order chi connectivity index (χ1) is 6.18. The van der Waals surface area contributed by atoms with Crippen molar-refractivity contribution in [3.63, 3.8) is 0 Å². The average Bonchev–Trinajstić information content (AvgIpc) is 2.48. The predicted molar refractivity (Wildman–Crippen MR) is 52.5 cm³/mol. The summed E-state index contributed by atoms with van der Waals surface area (Å²) in [6, 6.07) is 3.86. The van der Waals surface area contributed by atoms with E-state index in [1.807, 2.05) is 12.1 Å². The SMILES string of the molecule is CC(C)c1cc2oncc2cc1N. The molecule has 0 spiro atoms. The molecule has 0 aliphatic carbocycles. The second-order valence-corrected chi connectivity index (χ2v) is 3.50. The number of anilines is 1. The Labute approximate surface area is 76.5 Å². The Morgan fingerprint density at radius 3 is 2.85 bits per heavy atom. The van der Waals surface area contributed by atoms with Gasteiger partial charge in [0.25, 0.3) is 0 Å². The van der Waals surface area contributed by atoms with Crippen molar-refractivity contribution in [2.24, 2.45) is 0 Å². The molecule has 3 heteroatoms. The maximum atomic E-state index is 5.88. The Kier molecular flexibility index (Phi) is 1.72. The fourth-order valence-electron chi connectivity index (χ4n) is 1.45. The Hall–Kier alpha value is -1.51. The number of nitrogen functional groups attached to an aromatic ring is 1. The van der Waals surface area contributed by atoms with Gasteiger partial charge in [0.05, 0.1) is 6.20 Å². The normalized spacial score (nSPS) is 11.3. The quantitative estimate of drug-likeness (QED) is 0.679. The van der Waals surface area contributed by atoms with Crippen LogP contribution in [0.5, 0.6) is 0 Å².